The zero-order chi connectivity index (χ0) is 15.4. The summed E-state index contributed by atoms with van der Waals surface area (Å²) < 4.78 is 27.2. The quantitative estimate of drug-likeness (QED) is 0.856. The van der Waals surface area contributed by atoms with E-state index in [0.717, 1.165) is 23.7 Å². The number of rotatable bonds is 5. The van der Waals surface area contributed by atoms with Crippen molar-refractivity contribution in [2.24, 2.45) is 0 Å². The molecule has 2 rings (SSSR count). The van der Waals surface area contributed by atoms with Crippen LogP contribution in [0.1, 0.15) is 35.2 Å². The minimum Gasteiger partial charge on any atom is -0.310 e. The number of nitrogens with one attached hydrogen (secondary N) is 1. The molecule has 2 aromatic carbocycles. The van der Waals surface area contributed by atoms with E-state index in [9.17, 15) is 8.78 Å². The van der Waals surface area contributed by atoms with Crippen LogP contribution in [0.5, 0.6) is 0 Å². The smallest absolute Gasteiger partial charge is 0.126 e. The normalized spacial score (nSPS) is 12.4. The van der Waals surface area contributed by atoms with Gasteiger partial charge in [0.05, 0.1) is 0 Å². The van der Waals surface area contributed by atoms with Crippen LogP contribution in [0.3, 0.4) is 0 Å². The Kier molecular flexibility index (Phi) is 5.07. The third-order valence-electron chi connectivity index (χ3n) is 3.69. The van der Waals surface area contributed by atoms with Gasteiger partial charge in [-0.2, -0.15) is 0 Å². The van der Waals surface area contributed by atoms with Gasteiger partial charge in [0, 0.05) is 6.04 Å². The van der Waals surface area contributed by atoms with Crippen LogP contribution in [-0.4, -0.2) is 6.54 Å². The van der Waals surface area contributed by atoms with Gasteiger partial charge in [-0.15, -0.1) is 0 Å². The van der Waals surface area contributed by atoms with Crippen LogP contribution < -0.4 is 5.32 Å². The second-order valence-electron chi connectivity index (χ2n) is 5.41. The summed E-state index contributed by atoms with van der Waals surface area (Å²) in [5.41, 5.74) is 3.86. The molecule has 0 heterocycles. The maximum atomic E-state index is 13.9. The summed E-state index contributed by atoms with van der Waals surface area (Å²) in [5.74, 6) is -0.757. The van der Waals surface area contributed by atoms with Gasteiger partial charge in [-0.3, -0.25) is 0 Å². The largest absolute Gasteiger partial charge is 0.310 e. The lowest BCUT2D eigenvalue weighted by molar-refractivity contribution is 0.520. The fraction of sp³-hybridized carbons (Fsp3) is 0.333. The second-order valence-corrected chi connectivity index (χ2v) is 5.41. The van der Waals surface area contributed by atoms with Gasteiger partial charge in [0.25, 0.3) is 0 Å². The van der Waals surface area contributed by atoms with Crippen molar-refractivity contribution >= 4 is 0 Å². The molecule has 0 bridgehead atoms. The van der Waals surface area contributed by atoms with Crippen molar-refractivity contribution < 1.29 is 8.78 Å². The number of benzene rings is 2. The molecule has 112 valence electrons. The Morgan fingerprint density at radius 3 is 2.52 bits per heavy atom. The fourth-order valence-corrected chi connectivity index (χ4v) is 2.59. The molecule has 1 atom stereocenters. The Bertz CT molecular complexity index is 623. The zero-order valence-electron chi connectivity index (χ0n) is 12.7. The van der Waals surface area contributed by atoms with Crippen LogP contribution in [0, 0.1) is 25.5 Å². The average Bonchev–Trinajstić information content (AvgIpc) is 2.45. The Morgan fingerprint density at radius 2 is 1.81 bits per heavy atom. The lowest BCUT2D eigenvalue weighted by atomic mass is 9.93. The van der Waals surface area contributed by atoms with Crippen LogP contribution >= 0.6 is 0 Å². The number of likely N-dealkylation sites (N-methyl/N-ethyl adjacent to an activating group) is 1. The highest BCUT2D eigenvalue weighted by atomic mass is 19.1. The standard InChI is InChI=1S/C18H21F2N/c1-4-21-18(16-9-12(2)5-6-13(16)3)11-14-10-15(19)7-8-17(14)20/h5-10,18,21H,4,11H2,1-3H3. The summed E-state index contributed by atoms with van der Waals surface area (Å²) in [6, 6.07) is 9.84. The van der Waals surface area contributed by atoms with E-state index in [1.807, 2.05) is 20.8 Å². The van der Waals surface area contributed by atoms with E-state index in [2.05, 4.69) is 23.5 Å². The van der Waals surface area contributed by atoms with Crippen LogP contribution in [0.25, 0.3) is 0 Å². The first-order valence-electron chi connectivity index (χ1n) is 7.25. The molecule has 3 heteroatoms. The number of hydrogen-bond donors (Lipinski definition) is 1. The molecule has 1 N–H and O–H groups in total. The number of halogens is 2. The molecule has 0 aliphatic heterocycles. The molecule has 2 aromatic rings. The highest BCUT2D eigenvalue weighted by molar-refractivity contribution is 5.34. The van der Waals surface area contributed by atoms with Crippen molar-refractivity contribution in [1.82, 2.24) is 5.32 Å². The Labute approximate surface area is 125 Å². The fourth-order valence-electron chi connectivity index (χ4n) is 2.59. The molecule has 0 radical (unpaired) electrons. The monoisotopic (exact) mass is 289 g/mol. The van der Waals surface area contributed by atoms with Crippen molar-refractivity contribution in [2.45, 2.75) is 33.2 Å². The molecule has 0 aliphatic rings. The first kappa shape index (κ1) is 15.6. The average molecular weight is 289 g/mol. The predicted molar refractivity (Wildman–Crippen MR) is 82.4 cm³/mol. The van der Waals surface area contributed by atoms with Gasteiger partial charge in [0.1, 0.15) is 11.6 Å². The Morgan fingerprint density at radius 1 is 1.05 bits per heavy atom. The van der Waals surface area contributed by atoms with Gasteiger partial charge in [-0.1, -0.05) is 30.7 Å². The van der Waals surface area contributed by atoms with Gasteiger partial charge < -0.3 is 5.32 Å². The predicted octanol–water partition coefficient (Wildman–Crippen LogP) is 4.47. The van der Waals surface area contributed by atoms with Crippen LogP contribution in [-0.2, 0) is 6.42 Å². The molecule has 0 saturated carbocycles. The van der Waals surface area contributed by atoms with E-state index in [4.69, 9.17) is 0 Å². The zero-order valence-corrected chi connectivity index (χ0v) is 12.7. The molecule has 0 aromatic heterocycles. The van der Waals surface area contributed by atoms with Gasteiger partial charge in [0.15, 0.2) is 0 Å². The van der Waals surface area contributed by atoms with Crippen molar-refractivity contribution in [1.29, 1.82) is 0 Å². The SMILES string of the molecule is CCNC(Cc1cc(F)ccc1F)c1cc(C)ccc1C. The van der Waals surface area contributed by atoms with Crippen LogP contribution in [0.2, 0.25) is 0 Å². The number of aryl methyl sites for hydroxylation is 2. The highest BCUT2D eigenvalue weighted by Crippen LogP contribution is 2.24. The van der Waals surface area contributed by atoms with E-state index in [0.29, 0.717) is 12.0 Å². The summed E-state index contributed by atoms with van der Waals surface area (Å²) >= 11 is 0. The third-order valence-corrected chi connectivity index (χ3v) is 3.69. The summed E-state index contributed by atoms with van der Waals surface area (Å²) in [6.07, 6.45) is 0.432. The molecule has 0 saturated heterocycles. The molecular weight excluding hydrogens is 268 g/mol. The third kappa shape index (κ3) is 3.88. The first-order valence-corrected chi connectivity index (χ1v) is 7.25. The van der Waals surface area contributed by atoms with E-state index in [1.54, 1.807) is 0 Å². The van der Waals surface area contributed by atoms with Crippen molar-refractivity contribution in [3.63, 3.8) is 0 Å². The molecule has 1 nitrogen and oxygen atoms in total. The van der Waals surface area contributed by atoms with E-state index >= 15 is 0 Å². The summed E-state index contributed by atoms with van der Waals surface area (Å²) in [7, 11) is 0. The Hall–Kier alpha value is -1.74. The number of hydrogen-bond acceptors (Lipinski definition) is 1. The molecular formula is C18H21F2N. The maximum Gasteiger partial charge on any atom is 0.126 e. The van der Waals surface area contributed by atoms with Crippen molar-refractivity contribution in [3.8, 4) is 0 Å². The van der Waals surface area contributed by atoms with Gasteiger partial charge in [-0.05, 0) is 61.7 Å². The molecule has 1 unspecified atom stereocenters. The minimum absolute atomic E-state index is 0.0220. The van der Waals surface area contributed by atoms with Gasteiger partial charge in [0.2, 0.25) is 0 Å². The molecule has 0 amide bonds. The van der Waals surface area contributed by atoms with Crippen LogP contribution in [0.4, 0.5) is 8.78 Å². The Balaban J connectivity index is 2.35. The van der Waals surface area contributed by atoms with Gasteiger partial charge in [-0.25, -0.2) is 8.78 Å². The van der Waals surface area contributed by atoms with Gasteiger partial charge >= 0.3 is 0 Å². The topological polar surface area (TPSA) is 12.0 Å². The second kappa shape index (κ2) is 6.81. The summed E-state index contributed by atoms with van der Waals surface area (Å²) in [4.78, 5) is 0. The lowest BCUT2D eigenvalue weighted by Crippen LogP contribution is -2.24. The maximum absolute atomic E-state index is 13.9. The lowest BCUT2D eigenvalue weighted by Gasteiger charge is -2.21. The van der Waals surface area contributed by atoms with E-state index < -0.39 is 5.82 Å². The van der Waals surface area contributed by atoms with E-state index in [-0.39, 0.29) is 11.9 Å². The summed E-state index contributed by atoms with van der Waals surface area (Å²) in [6.45, 7) is 6.87. The molecule has 0 spiro atoms. The molecule has 0 aliphatic carbocycles. The van der Waals surface area contributed by atoms with Crippen LogP contribution in [0.15, 0.2) is 36.4 Å². The molecule has 21 heavy (non-hydrogen) atoms. The highest BCUT2D eigenvalue weighted by Gasteiger charge is 2.16. The van der Waals surface area contributed by atoms with Crippen molar-refractivity contribution in [3.05, 3.63) is 70.3 Å². The minimum atomic E-state index is -0.400. The van der Waals surface area contributed by atoms with Crippen molar-refractivity contribution in [2.75, 3.05) is 6.54 Å². The van der Waals surface area contributed by atoms with E-state index in [1.165, 1.54) is 17.7 Å². The first-order chi connectivity index (χ1) is 10.0. The molecule has 0 fully saturated rings. The summed E-state index contributed by atoms with van der Waals surface area (Å²) in [5, 5.41) is 3.37.